The van der Waals surface area contributed by atoms with Crippen molar-refractivity contribution in [2.45, 2.75) is 19.4 Å². The zero-order chi connectivity index (χ0) is 12.8. The van der Waals surface area contributed by atoms with E-state index in [9.17, 15) is 14.7 Å². The molecule has 1 aromatic rings. The van der Waals surface area contributed by atoms with Gasteiger partial charge in [-0.25, -0.2) is 4.79 Å². The number of methoxy groups -OCH3 is 1. The molecule has 1 rings (SSSR count). The van der Waals surface area contributed by atoms with Crippen LogP contribution in [0.2, 0.25) is 0 Å². The van der Waals surface area contributed by atoms with Crippen LogP contribution in [0.15, 0.2) is 24.3 Å². The first-order valence-corrected chi connectivity index (χ1v) is 5.06. The largest absolute Gasteiger partial charge is 0.467 e. The number of hydrogen-bond donors (Lipinski definition) is 1. The van der Waals surface area contributed by atoms with Crippen LogP contribution >= 0.6 is 0 Å². The maximum atomic E-state index is 11.0. The molecule has 1 N–H and O–H groups in total. The van der Waals surface area contributed by atoms with Gasteiger partial charge in [0.2, 0.25) is 0 Å². The summed E-state index contributed by atoms with van der Waals surface area (Å²) >= 11 is 0. The first-order valence-electron chi connectivity index (χ1n) is 5.06. The van der Waals surface area contributed by atoms with E-state index >= 15 is 0 Å². The van der Waals surface area contributed by atoms with E-state index in [2.05, 4.69) is 4.74 Å². The number of hydrogen-bond acceptors (Lipinski definition) is 5. The Kier molecular flexibility index (Phi) is 4.66. The molecule has 0 aliphatic carbocycles. The normalized spacial score (nSPS) is 11.7. The highest BCUT2D eigenvalue weighted by Crippen LogP contribution is 2.13. The molecule has 17 heavy (non-hydrogen) atoms. The van der Waals surface area contributed by atoms with Crippen molar-refractivity contribution in [1.82, 2.24) is 0 Å². The summed E-state index contributed by atoms with van der Waals surface area (Å²) in [5.41, 5.74) is 0.749. The third kappa shape index (κ3) is 4.24. The van der Waals surface area contributed by atoms with Crippen molar-refractivity contribution in [2.75, 3.05) is 7.11 Å². The van der Waals surface area contributed by atoms with Crippen LogP contribution in [0, 0.1) is 0 Å². The Bertz CT molecular complexity index is 396. The van der Waals surface area contributed by atoms with Gasteiger partial charge in [0.15, 0.2) is 6.10 Å². The van der Waals surface area contributed by atoms with E-state index < -0.39 is 18.0 Å². The average molecular weight is 238 g/mol. The van der Waals surface area contributed by atoms with Gasteiger partial charge in [0.05, 0.1) is 7.11 Å². The van der Waals surface area contributed by atoms with Gasteiger partial charge in [0, 0.05) is 13.3 Å². The van der Waals surface area contributed by atoms with Crippen LogP contribution in [0.5, 0.6) is 5.75 Å². The van der Waals surface area contributed by atoms with Crippen molar-refractivity contribution in [3.05, 3.63) is 29.8 Å². The molecule has 0 aliphatic rings. The molecule has 5 heteroatoms. The minimum absolute atomic E-state index is 0.160. The molecule has 0 heterocycles. The van der Waals surface area contributed by atoms with E-state index in [0.29, 0.717) is 5.75 Å². The van der Waals surface area contributed by atoms with Crippen LogP contribution in [-0.2, 0) is 20.7 Å². The lowest BCUT2D eigenvalue weighted by Crippen LogP contribution is -2.24. The van der Waals surface area contributed by atoms with E-state index in [4.69, 9.17) is 4.74 Å². The molecule has 0 bridgehead atoms. The minimum atomic E-state index is -1.18. The van der Waals surface area contributed by atoms with Gasteiger partial charge in [0.1, 0.15) is 5.75 Å². The highest BCUT2D eigenvalue weighted by Gasteiger charge is 2.15. The number of carbonyl (C=O) groups excluding carboxylic acids is 2. The molecule has 0 aliphatic heterocycles. The summed E-state index contributed by atoms with van der Waals surface area (Å²) in [7, 11) is 1.22. The standard InChI is InChI=1S/C12H14O5/c1-8(13)17-10-5-3-9(4-6-10)7-11(14)12(15)16-2/h3-6,11,14H,7H2,1-2H3. The number of rotatable bonds is 4. The fraction of sp³-hybridized carbons (Fsp3) is 0.333. The molecule has 0 amide bonds. The molecule has 0 spiro atoms. The molecule has 92 valence electrons. The fourth-order valence-corrected chi connectivity index (χ4v) is 1.30. The van der Waals surface area contributed by atoms with Crippen LogP contribution in [-0.4, -0.2) is 30.3 Å². The smallest absolute Gasteiger partial charge is 0.335 e. The Labute approximate surface area is 99.0 Å². The van der Waals surface area contributed by atoms with E-state index in [1.165, 1.54) is 14.0 Å². The zero-order valence-corrected chi connectivity index (χ0v) is 9.67. The summed E-state index contributed by atoms with van der Waals surface area (Å²) in [6, 6.07) is 6.54. The maximum Gasteiger partial charge on any atom is 0.335 e. The number of esters is 2. The summed E-state index contributed by atoms with van der Waals surface area (Å²) in [6.45, 7) is 1.31. The predicted octanol–water partition coefficient (Wildman–Crippen LogP) is 0.688. The van der Waals surface area contributed by atoms with Crippen molar-refractivity contribution in [3.63, 3.8) is 0 Å². The molecule has 0 saturated carbocycles. The van der Waals surface area contributed by atoms with Gasteiger partial charge in [-0.1, -0.05) is 12.1 Å². The monoisotopic (exact) mass is 238 g/mol. The number of benzene rings is 1. The van der Waals surface area contributed by atoms with Crippen LogP contribution in [0.1, 0.15) is 12.5 Å². The van der Waals surface area contributed by atoms with Gasteiger partial charge >= 0.3 is 11.9 Å². The Hall–Kier alpha value is -1.88. The molecule has 0 saturated heterocycles. The van der Waals surface area contributed by atoms with Gasteiger partial charge in [-0.2, -0.15) is 0 Å². The Balaban J connectivity index is 2.62. The third-order valence-electron chi connectivity index (χ3n) is 2.09. The van der Waals surface area contributed by atoms with Crippen molar-refractivity contribution in [1.29, 1.82) is 0 Å². The lowest BCUT2D eigenvalue weighted by Gasteiger charge is -2.08. The molecule has 0 fully saturated rings. The molecule has 1 aromatic carbocycles. The van der Waals surface area contributed by atoms with E-state index in [1.807, 2.05) is 0 Å². The number of ether oxygens (including phenoxy) is 2. The van der Waals surface area contributed by atoms with Gasteiger partial charge < -0.3 is 14.6 Å². The van der Waals surface area contributed by atoms with Gasteiger partial charge in [-0.3, -0.25) is 4.79 Å². The Morgan fingerprint density at radius 2 is 1.88 bits per heavy atom. The topological polar surface area (TPSA) is 72.8 Å². The number of aliphatic hydroxyl groups is 1. The van der Waals surface area contributed by atoms with Crippen molar-refractivity contribution >= 4 is 11.9 Å². The van der Waals surface area contributed by atoms with E-state index in [1.54, 1.807) is 24.3 Å². The van der Waals surface area contributed by atoms with Crippen LogP contribution in [0.4, 0.5) is 0 Å². The number of carbonyl (C=O) groups is 2. The summed E-state index contributed by atoms with van der Waals surface area (Å²) in [5, 5.41) is 9.43. The molecule has 5 nitrogen and oxygen atoms in total. The summed E-state index contributed by atoms with van der Waals surface area (Å²) < 4.78 is 9.25. The van der Waals surface area contributed by atoms with Crippen molar-refractivity contribution in [3.8, 4) is 5.75 Å². The van der Waals surface area contributed by atoms with E-state index in [0.717, 1.165) is 5.56 Å². The lowest BCUT2D eigenvalue weighted by atomic mass is 10.1. The molecular formula is C12H14O5. The fourth-order valence-electron chi connectivity index (χ4n) is 1.30. The molecule has 1 unspecified atom stereocenters. The summed E-state index contributed by atoms with van der Waals surface area (Å²) in [4.78, 5) is 21.7. The molecule has 0 aromatic heterocycles. The molecular weight excluding hydrogens is 224 g/mol. The van der Waals surface area contributed by atoms with Crippen molar-refractivity contribution < 1.29 is 24.2 Å². The highest BCUT2D eigenvalue weighted by molar-refractivity contribution is 5.74. The quantitative estimate of drug-likeness (QED) is 0.617. The van der Waals surface area contributed by atoms with Crippen molar-refractivity contribution in [2.24, 2.45) is 0 Å². The van der Waals surface area contributed by atoms with Crippen LogP contribution in [0.3, 0.4) is 0 Å². The second kappa shape index (κ2) is 6.00. The lowest BCUT2D eigenvalue weighted by molar-refractivity contribution is -0.150. The SMILES string of the molecule is COC(=O)C(O)Cc1ccc(OC(C)=O)cc1. The minimum Gasteiger partial charge on any atom is -0.467 e. The average Bonchev–Trinajstić information content (AvgIpc) is 2.30. The molecule has 1 atom stereocenters. The number of aliphatic hydroxyl groups excluding tert-OH is 1. The Morgan fingerprint density at radius 3 is 2.35 bits per heavy atom. The molecule has 0 radical (unpaired) electrons. The zero-order valence-electron chi connectivity index (χ0n) is 9.67. The first-order chi connectivity index (χ1) is 8.02. The van der Waals surface area contributed by atoms with E-state index in [-0.39, 0.29) is 6.42 Å². The summed E-state index contributed by atoms with van der Waals surface area (Å²) in [5.74, 6) is -0.643. The van der Waals surface area contributed by atoms with Crippen LogP contribution < -0.4 is 4.74 Å². The first kappa shape index (κ1) is 13.2. The van der Waals surface area contributed by atoms with Gasteiger partial charge in [0.25, 0.3) is 0 Å². The predicted molar refractivity (Wildman–Crippen MR) is 59.5 cm³/mol. The highest BCUT2D eigenvalue weighted by atomic mass is 16.5. The van der Waals surface area contributed by atoms with Crippen LogP contribution in [0.25, 0.3) is 0 Å². The summed E-state index contributed by atoms with van der Waals surface area (Å²) in [6.07, 6.45) is -1.02. The third-order valence-corrected chi connectivity index (χ3v) is 2.09. The second-order valence-corrected chi connectivity index (χ2v) is 3.48. The van der Waals surface area contributed by atoms with Gasteiger partial charge in [-0.05, 0) is 17.7 Å². The van der Waals surface area contributed by atoms with Gasteiger partial charge in [-0.15, -0.1) is 0 Å². The second-order valence-electron chi connectivity index (χ2n) is 3.48. The maximum absolute atomic E-state index is 11.0. The Morgan fingerprint density at radius 1 is 1.29 bits per heavy atom.